The van der Waals surface area contributed by atoms with E-state index >= 15 is 0 Å². The Kier molecular flexibility index (Phi) is 5.28. The minimum atomic E-state index is -1.01. The Hall–Kier alpha value is -2.47. The second kappa shape index (κ2) is 7.19. The van der Waals surface area contributed by atoms with Gasteiger partial charge in [0.2, 0.25) is 5.78 Å². The number of hydrogen-bond donors (Lipinski definition) is 0. The lowest BCUT2D eigenvalue weighted by atomic mass is 10.0. The van der Waals surface area contributed by atoms with Crippen LogP contribution in [0.3, 0.4) is 0 Å². The van der Waals surface area contributed by atoms with E-state index in [-0.39, 0.29) is 12.5 Å². The molecule has 0 unspecified atom stereocenters. The summed E-state index contributed by atoms with van der Waals surface area (Å²) in [4.78, 5) is 22.8. The number of esters is 1. The van der Waals surface area contributed by atoms with Crippen LogP contribution in [-0.2, 0) is 20.7 Å². The standard InChI is InChI=1S/C17H17FO5/c1-4-13-14(18)6-5-11-7-12(22-9-21-3)8-15(16(11)13)23-17(20)10(2)19/h5-8H,4,9H2,1-3H3. The fraction of sp³-hybridized carbons (Fsp3) is 0.294. The molecule has 2 aromatic carbocycles. The second-order valence-electron chi connectivity index (χ2n) is 4.90. The van der Waals surface area contributed by atoms with Crippen LogP contribution in [-0.4, -0.2) is 25.7 Å². The zero-order chi connectivity index (χ0) is 17.0. The molecule has 0 aliphatic rings. The van der Waals surface area contributed by atoms with Gasteiger partial charge in [-0.15, -0.1) is 0 Å². The summed E-state index contributed by atoms with van der Waals surface area (Å²) in [6, 6.07) is 6.05. The Balaban J connectivity index is 2.63. The third-order valence-electron chi connectivity index (χ3n) is 3.29. The lowest BCUT2D eigenvalue weighted by Crippen LogP contribution is -2.17. The van der Waals surface area contributed by atoms with Crippen LogP contribution < -0.4 is 9.47 Å². The number of halogens is 1. The molecule has 0 saturated heterocycles. The third kappa shape index (κ3) is 3.65. The first-order valence-corrected chi connectivity index (χ1v) is 7.07. The summed E-state index contributed by atoms with van der Waals surface area (Å²) in [7, 11) is 1.47. The number of benzene rings is 2. The topological polar surface area (TPSA) is 61.8 Å². The van der Waals surface area contributed by atoms with Crippen molar-refractivity contribution >= 4 is 22.5 Å². The van der Waals surface area contributed by atoms with Gasteiger partial charge in [-0.25, -0.2) is 9.18 Å². The maximum Gasteiger partial charge on any atom is 0.379 e. The molecule has 0 heterocycles. The van der Waals surface area contributed by atoms with Gasteiger partial charge in [-0.3, -0.25) is 4.79 Å². The van der Waals surface area contributed by atoms with Gasteiger partial charge in [0, 0.05) is 25.5 Å². The van der Waals surface area contributed by atoms with Crippen molar-refractivity contribution in [1.29, 1.82) is 0 Å². The van der Waals surface area contributed by atoms with Crippen LogP contribution in [0.2, 0.25) is 0 Å². The van der Waals surface area contributed by atoms with Crippen molar-refractivity contribution in [3.05, 3.63) is 35.6 Å². The fourth-order valence-corrected chi connectivity index (χ4v) is 2.26. The fourth-order valence-electron chi connectivity index (χ4n) is 2.26. The Morgan fingerprint density at radius 3 is 2.57 bits per heavy atom. The van der Waals surface area contributed by atoms with Crippen LogP contribution >= 0.6 is 0 Å². The van der Waals surface area contributed by atoms with Crippen LogP contribution in [0.15, 0.2) is 24.3 Å². The van der Waals surface area contributed by atoms with Gasteiger partial charge in [-0.05, 0) is 29.5 Å². The van der Waals surface area contributed by atoms with Crippen molar-refractivity contribution in [1.82, 2.24) is 0 Å². The smallest absolute Gasteiger partial charge is 0.379 e. The largest absolute Gasteiger partial charge is 0.467 e. The summed E-state index contributed by atoms with van der Waals surface area (Å²) < 4.78 is 29.4. The molecule has 0 aliphatic heterocycles. The monoisotopic (exact) mass is 320 g/mol. The van der Waals surface area contributed by atoms with Crippen molar-refractivity contribution in [2.75, 3.05) is 13.9 Å². The van der Waals surface area contributed by atoms with E-state index in [4.69, 9.17) is 14.2 Å². The van der Waals surface area contributed by atoms with Gasteiger partial charge in [0.05, 0.1) is 0 Å². The molecule has 2 aromatic rings. The lowest BCUT2D eigenvalue weighted by Gasteiger charge is -2.14. The molecule has 0 spiro atoms. The van der Waals surface area contributed by atoms with Crippen molar-refractivity contribution in [2.45, 2.75) is 20.3 Å². The Morgan fingerprint density at radius 2 is 1.96 bits per heavy atom. The number of hydrogen-bond acceptors (Lipinski definition) is 5. The van der Waals surface area contributed by atoms with Crippen LogP contribution in [0.1, 0.15) is 19.4 Å². The maximum absolute atomic E-state index is 14.0. The minimum absolute atomic E-state index is 0.00737. The Morgan fingerprint density at radius 1 is 1.22 bits per heavy atom. The third-order valence-corrected chi connectivity index (χ3v) is 3.29. The minimum Gasteiger partial charge on any atom is -0.467 e. The average molecular weight is 320 g/mol. The number of rotatable bonds is 6. The van der Waals surface area contributed by atoms with Crippen molar-refractivity contribution in [3.8, 4) is 11.5 Å². The molecule has 23 heavy (non-hydrogen) atoms. The van der Waals surface area contributed by atoms with Gasteiger partial charge in [0.1, 0.15) is 17.3 Å². The normalized spacial score (nSPS) is 10.6. The highest BCUT2D eigenvalue weighted by Crippen LogP contribution is 2.35. The molecule has 2 rings (SSSR count). The van der Waals surface area contributed by atoms with Gasteiger partial charge in [0.15, 0.2) is 6.79 Å². The molecule has 5 nitrogen and oxygen atoms in total. The summed E-state index contributed by atoms with van der Waals surface area (Å²) in [5.41, 5.74) is 0.409. The highest BCUT2D eigenvalue weighted by atomic mass is 19.1. The van der Waals surface area contributed by atoms with Crippen LogP contribution in [0, 0.1) is 5.82 Å². The van der Waals surface area contributed by atoms with E-state index in [1.54, 1.807) is 19.1 Å². The van der Waals surface area contributed by atoms with Gasteiger partial charge in [-0.1, -0.05) is 13.0 Å². The van der Waals surface area contributed by atoms with Gasteiger partial charge in [-0.2, -0.15) is 0 Å². The highest BCUT2D eigenvalue weighted by molar-refractivity contribution is 6.33. The number of methoxy groups -OCH3 is 1. The predicted molar refractivity (Wildman–Crippen MR) is 82.1 cm³/mol. The number of ether oxygens (including phenoxy) is 3. The van der Waals surface area contributed by atoms with E-state index in [1.807, 2.05) is 0 Å². The molecule has 122 valence electrons. The van der Waals surface area contributed by atoms with E-state index in [9.17, 15) is 14.0 Å². The molecule has 6 heteroatoms. The number of Topliss-reactive ketones (excluding diaryl/α,β-unsaturated/α-hetero) is 1. The highest BCUT2D eigenvalue weighted by Gasteiger charge is 2.18. The molecule has 0 bridgehead atoms. The van der Waals surface area contributed by atoms with E-state index in [0.29, 0.717) is 28.5 Å². The van der Waals surface area contributed by atoms with Crippen molar-refractivity contribution in [2.24, 2.45) is 0 Å². The number of carbonyl (C=O) groups excluding carboxylic acids is 2. The summed E-state index contributed by atoms with van der Waals surface area (Å²) in [5, 5.41) is 1.09. The zero-order valence-electron chi connectivity index (χ0n) is 13.1. The van der Waals surface area contributed by atoms with E-state index < -0.39 is 17.6 Å². The molecule has 0 aliphatic carbocycles. The number of ketones is 1. The molecular formula is C17H17FO5. The molecule has 0 saturated carbocycles. The maximum atomic E-state index is 14.0. The van der Waals surface area contributed by atoms with Crippen LogP contribution in [0.25, 0.3) is 10.8 Å². The molecule has 0 amide bonds. The van der Waals surface area contributed by atoms with Crippen molar-refractivity contribution < 1.29 is 28.2 Å². The molecule has 0 radical (unpaired) electrons. The SMILES string of the molecule is CCc1c(F)ccc2cc(OCOC)cc(OC(=O)C(C)=O)c12. The number of aryl methyl sites for hydroxylation is 1. The quantitative estimate of drug-likeness (QED) is 0.354. The number of fused-ring (bicyclic) bond motifs is 1. The van der Waals surface area contributed by atoms with Gasteiger partial charge >= 0.3 is 5.97 Å². The Labute approximate surface area is 132 Å². The summed E-state index contributed by atoms with van der Waals surface area (Å²) in [6.07, 6.45) is 0.409. The van der Waals surface area contributed by atoms with Crippen LogP contribution in [0.4, 0.5) is 4.39 Å². The first-order chi connectivity index (χ1) is 11.0. The van der Waals surface area contributed by atoms with Crippen LogP contribution in [0.5, 0.6) is 11.5 Å². The van der Waals surface area contributed by atoms with E-state index in [0.717, 1.165) is 6.92 Å². The lowest BCUT2D eigenvalue weighted by molar-refractivity contribution is -0.145. The summed E-state index contributed by atoms with van der Waals surface area (Å²) >= 11 is 0. The molecule has 0 aromatic heterocycles. The van der Waals surface area contributed by atoms with Gasteiger partial charge in [0.25, 0.3) is 0 Å². The second-order valence-corrected chi connectivity index (χ2v) is 4.90. The van der Waals surface area contributed by atoms with E-state index in [1.165, 1.54) is 19.2 Å². The summed E-state index contributed by atoms with van der Waals surface area (Å²) in [6.45, 7) is 2.91. The van der Waals surface area contributed by atoms with Gasteiger partial charge < -0.3 is 14.2 Å². The first kappa shape index (κ1) is 16.9. The van der Waals surface area contributed by atoms with Crippen molar-refractivity contribution in [3.63, 3.8) is 0 Å². The Bertz CT molecular complexity index is 754. The molecular weight excluding hydrogens is 303 g/mol. The molecule has 0 fully saturated rings. The number of carbonyl (C=O) groups is 2. The molecule has 0 atom stereocenters. The summed E-state index contributed by atoms with van der Waals surface area (Å²) in [5.74, 6) is -1.67. The zero-order valence-corrected chi connectivity index (χ0v) is 13.1. The predicted octanol–water partition coefficient (Wildman–Crippen LogP) is 3.02. The first-order valence-electron chi connectivity index (χ1n) is 7.07. The average Bonchev–Trinajstić information content (AvgIpc) is 2.53. The molecule has 0 N–H and O–H groups in total. The van der Waals surface area contributed by atoms with E-state index in [2.05, 4.69) is 0 Å².